The number of aliphatic hydroxyl groups excluding tert-OH is 1. The summed E-state index contributed by atoms with van der Waals surface area (Å²) in [6, 6.07) is 0. The second-order valence-electron chi connectivity index (χ2n) is 3.36. The van der Waals surface area contributed by atoms with Gasteiger partial charge in [-0.1, -0.05) is 0 Å². The Balaban J connectivity index is 4.60. The van der Waals surface area contributed by atoms with Gasteiger partial charge in [0.2, 0.25) is 0 Å². The lowest BCUT2D eigenvalue weighted by Gasteiger charge is -2.30. The molecule has 0 radical (unpaired) electrons. The van der Waals surface area contributed by atoms with Crippen molar-refractivity contribution in [1.29, 1.82) is 0 Å². The number of alkyl halides is 3. The van der Waals surface area contributed by atoms with Gasteiger partial charge in [0.15, 0.2) is 0 Å². The number of hydrogen-bond donors (Lipinski definition) is 2. The Kier molecular flexibility index (Phi) is 12.4. The molecule has 1 atom stereocenters. The molecule has 0 heterocycles. The maximum Gasteiger partial charge on any atom is 0.343 e. The molecule has 18 heavy (non-hydrogen) atoms. The fraction of sp³-hybridized carbons (Fsp3) is 1.00. The zero-order valence-electron chi connectivity index (χ0n) is 10.2. The van der Waals surface area contributed by atoms with Crippen LogP contribution < -0.4 is 5.09 Å². The predicted molar refractivity (Wildman–Crippen MR) is 77.0 cm³/mol. The van der Waals surface area contributed by atoms with Crippen LogP contribution >= 0.6 is 42.5 Å². The summed E-state index contributed by atoms with van der Waals surface area (Å²) in [4.78, 5) is 0. The molecule has 0 aromatic carbocycles. The molecule has 0 aromatic rings. The van der Waals surface area contributed by atoms with Crippen LogP contribution in [0.15, 0.2) is 0 Å². The van der Waals surface area contributed by atoms with Crippen LogP contribution in [-0.4, -0.2) is 60.3 Å². The molecule has 1 unspecified atom stereocenters. The van der Waals surface area contributed by atoms with Crippen molar-refractivity contribution in [3.8, 4) is 0 Å². The van der Waals surface area contributed by atoms with Crippen molar-refractivity contribution >= 4 is 42.5 Å². The van der Waals surface area contributed by atoms with Gasteiger partial charge in [-0.05, 0) is 6.42 Å². The minimum atomic E-state index is -3.19. The van der Waals surface area contributed by atoms with Gasteiger partial charge in [-0.25, -0.2) is 9.76 Å². The molecular formula is C9H20Cl3N2O3P. The summed E-state index contributed by atoms with van der Waals surface area (Å²) in [5.74, 6) is 0.904. The molecule has 0 amide bonds. The van der Waals surface area contributed by atoms with E-state index in [-0.39, 0.29) is 19.1 Å². The number of rotatable bonds is 12. The summed E-state index contributed by atoms with van der Waals surface area (Å²) in [6.07, 6.45) is 0.490. The molecule has 5 nitrogen and oxygen atoms in total. The maximum atomic E-state index is 12.7. The third kappa shape index (κ3) is 7.51. The normalized spacial score (nSPS) is 14.9. The van der Waals surface area contributed by atoms with E-state index in [0.717, 1.165) is 0 Å². The number of hydrogen-bond acceptors (Lipinski definition) is 3. The van der Waals surface area contributed by atoms with Gasteiger partial charge in [-0.2, -0.15) is 0 Å². The fourth-order valence-electron chi connectivity index (χ4n) is 1.26. The van der Waals surface area contributed by atoms with Crippen LogP contribution in [0.5, 0.6) is 0 Å². The summed E-state index contributed by atoms with van der Waals surface area (Å²) in [7, 11) is -3.19. The van der Waals surface area contributed by atoms with E-state index in [1.165, 1.54) is 0 Å². The molecule has 0 aliphatic carbocycles. The van der Waals surface area contributed by atoms with E-state index in [0.29, 0.717) is 37.8 Å². The molecule has 0 rings (SSSR count). The molecule has 0 bridgehead atoms. The smallest absolute Gasteiger partial charge is 0.343 e. The minimum Gasteiger partial charge on any atom is -0.396 e. The molecule has 0 fully saturated rings. The molecule has 0 aliphatic rings. The zero-order chi connectivity index (χ0) is 13.9. The number of nitrogens with one attached hydrogen (secondary N) is 1. The lowest BCUT2D eigenvalue weighted by atomic mass is 10.5. The summed E-state index contributed by atoms with van der Waals surface area (Å²) >= 11 is 16.9. The van der Waals surface area contributed by atoms with Crippen LogP contribution in [-0.2, 0) is 9.09 Å². The first-order valence-corrected chi connectivity index (χ1v) is 8.86. The van der Waals surface area contributed by atoms with Crippen molar-refractivity contribution in [2.75, 3.05) is 50.5 Å². The number of nitrogens with zero attached hydrogens (tertiary/aromatic N) is 1. The van der Waals surface area contributed by atoms with Crippen molar-refractivity contribution < 1.29 is 14.2 Å². The Bertz CT molecular complexity index is 243. The quantitative estimate of drug-likeness (QED) is 0.323. The van der Waals surface area contributed by atoms with Crippen molar-refractivity contribution in [2.45, 2.75) is 6.42 Å². The van der Waals surface area contributed by atoms with Gasteiger partial charge in [-0.15, -0.1) is 34.8 Å². The minimum absolute atomic E-state index is 0.0213. The van der Waals surface area contributed by atoms with E-state index < -0.39 is 7.67 Å². The van der Waals surface area contributed by atoms with E-state index >= 15 is 0 Å². The molecule has 0 aliphatic heterocycles. The monoisotopic (exact) mass is 340 g/mol. The SMILES string of the molecule is O=P(NCCCO)(OCCCl)N(CCCl)CCCl. The van der Waals surface area contributed by atoms with E-state index in [1.54, 1.807) is 4.67 Å². The van der Waals surface area contributed by atoms with E-state index in [9.17, 15) is 4.57 Å². The zero-order valence-corrected chi connectivity index (χ0v) is 13.3. The first-order valence-electron chi connectivity index (χ1n) is 5.68. The van der Waals surface area contributed by atoms with Crippen molar-refractivity contribution in [2.24, 2.45) is 0 Å². The van der Waals surface area contributed by atoms with Crippen molar-refractivity contribution in [1.82, 2.24) is 9.76 Å². The van der Waals surface area contributed by atoms with Gasteiger partial charge in [0.05, 0.1) is 6.61 Å². The van der Waals surface area contributed by atoms with Gasteiger partial charge in [0.1, 0.15) is 0 Å². The van der Waals surface area contributed by atoms with Crippen LogP contribution in [0.25, 0.3) is 0 Å². The second-order valence-corrected chi connectivity index (χ2v) is 6.67. The second kappa shape index (κ2) is 11.7. The first kappa shape index (κ1) is 18.9. The molecule has 0 aromatic heterocycles. The van der Waals surface area contributed by atoms with Crippen LogP contribution in [0.4, 0.5) is 0 Å². The van der Waals surface area contributed by atoms with Crippen molar-refractivity contribution in [3.05, 3.63) is 0 Å². The van der Waals surface area contributed by atoms with Gasteiger partial charge < -0.3 is 9.63 Å². The Morgan fingerprint density at radius 1 is 1.17 bits per heavy atom. The summed E-state index contributed by atoms with van der Waals surface area (Å²) in [6.45, 7) is 1.39. The van der Waals surface area contributed by atoms with Crippen LogP contribution in [0, 0.1) is 0 Å². The molecule has 9 heteroatoms. The van der Waals surface area contributed by atoms with Crippen molar-refractivity contribution in [3.63, 3.8) is 0 Å². The summed E-state index contributed by atoms with van der Waals surface area (Å²) in [5, 5.41) is 11.6. The average Bonchev–Trinajstić information content (AvgIpc) is 2.36. The fourth-order valence-corrected chi connectivity index (χ4v) is 4.04. The average molecular weight is 342 g/mol. The third-order valence-corrected chi connectivity index (χ3v) is 4.84. The highest BCUT2D eigenvalue weighted by molar-refractivity contribution is 7.54. The number of aliphatic hydroxyl groups is 1. The van der Waals surface area contributed by atoms with Crippen LogP contribution in [0.2, 0.25) is 0 Å². The van der Waals surface area contributed by atoms with E-state index in [1.807, 2.05) is 0 Å². The summed E-state index contributed by atoms with van der Waals surface area (Å²) < 4.78 is 19.6. The molecule has 110 valence electrons. The Morgan fingerprint density at radius 3 is 2.22 bits per heavy atom. The van der Waals surface area contributed by atoms with Gasteiger partial charge in [0, 0.05) is 43.9 Å². The molecule has 2 N–H and O–H groups in total. The predicted octanol–water partition coefficient (Wildman–Crippen LogP) is 2.10. The molecule has 0 spiro atoms. The lowest BCUT2D eigenvalue weighted by Crippen LogP contribution is -2.33. The van der Waals surface area contributed by atoms with Gasteiger partial charge >= 0.3 is 7.67 Å². The molecule has 0 saturated heterocycles. The third-order valence-electron chi connectivity index (χ3n) is 2.05. The topological polar surface area (TPSA) is 61.8 Å². The van der Waals surface area contributed by atoms with Gasteiger partial charge in [0.25, 0.3) is 0 Å². The first-order chi connectivity index (χ1) is 8.64. The highest BCUT2D eigenvalue weighted by atomic mass is 35.5. The Hall–Kier alpha value is 0.940. The Labute approximate surface area is 123 Å². The Morgan fingerprint density at radius 2 is 1.78 bits per heavy atom. The summed E-state index contributed by atoms with van der Waals surface area (Å²) in [5.41, 5.74) is 0. The van der Waals surface area contributed by atoms with E-state index in [4.69, 9.17) is 44.4 Å². The number of halogens is 3. The van der Waals surface area contributed by atoms with E-state index in [2.05, 4.69) is 5.09 Å². The largest absolute Gasteiger partial charge is 0.396 e. The highest BCUT2D eigenvalue weighted by Crippen LogP contribution is 2.46. The van der Waals surface area contributed by atoms with Crippen LogP contribution in [0.3, 0.4) is 0 Å². The van der Waals surface area contributed by atoms with Crippen LogP contribution in [0.1, 0.15) is 6.42 Å². The van der Waals surface area contributed by atoms with Gasteiger partial charge in [-0.3, -0.25) is 4.57 Å². The lowest BCUT2D eigenvalue weighted by molar-refractivity contribution is 0.263. The molecular weight excluding hydrogens is 321 g/mol. The highest BCUT2D eigenvalue weighted by Gasteiger charge is 2.30. The standard InChI is InChI=1S/C9H20Cl3N2O3P/c10-2-6-14(7-3-11)18(16,17-9-4-12)13-5-1-8-15/h15H,1-9H2,(H,13,16). The molecule has 0 saturated carbocycles. The maximum absolute atomic E-state index is 12.7.